The molecule has 2 N–H and O–H groups in total. The van der Waals surface area contributed by atoms with E-state index in [2.05, 4.69) is 0 Å². The number of carbonyl (C=O) groups excluding carboxylic acids is 1. The van der Waals surface area contributed by atoms with Crippen LogP contribution in [0.5, 0.6) is 0 Å². The molecule has 0 bridgehead atoms. The first kappa shape index (κ1) is 16.6. The van der Waals surface area contributed by atoms with Crippen LogP contribution in [0.3, 0.4) is 0 Å². The van der Waals surface area contributed by atoms with Crippen LogP contribution in [0, 0.1) is 5.92 Å². The Hall–Kier alpha value is -0.770. The van der Waals surface area contributed by atoms with E-state index in [0.717, 1.165) is 31.4 Å². The summed E-state index contributed by atoms with van der Waals surface area (Å²) >= 11 is 12.1. The maximum atomic E-state index is 12.7. The molecular weight excluding hydrogens is 307 g/mol. The molecule has 1 aromatic carbocycles. The summed E-state index contributed by atoms with van der Waals surface area (Å²) in [7, 11) is 0. The highest BCUT2D eigenvalue weighted by Gasteiger charge is 2.28. The first-order valence-corrected chi connectivity index (χ1v) is 8.23. The molecule has 1 amide bonds. The molecule has 1 heterocycles. The number of hydrogen-bond donors (Lipinski definition) is 1. The van der Waals surface area contributed by atoms with Gasteiger partial charge in [0.25, 0.3) is 0 Å². The molecule has 1 aliphatic heterocycles. The maximum absolute atomic E-state index is 12.7. The van der Waals surface area contributed by atoms with Gasteiger partial charge in [0, 0.05) is 35.1 Å². The number of piperidine rings is 1. The fourth-order valence-electron chi connectivity index (χ4n) is 2.92. The number of halogens is 2. The minimum atomic E-state index is -0.101. The lowest BCUT2D eigenvalue weighted by Crippen LogP contribution is -2.49. The average molecular weight is 329 g/mol. The van der Waals surface area contributed by atoms with E-state index >= 15 is 0 Å². The number of hydrogen-bond acceptors (Lipinski definition) is 2. The van der Waals surface area contributed by atoms with E-state index in [1.54, 1.807) is 6.07 Å². The van der Waals surface area contributed by atoms with Gasteiger partial charge in [-0.2, -0.15) is 0 Å². The number of carbonyl (C=O) groups is 1. The van der Waals surface area contributed by atoms with Gasteiger partial charge in [-0.25, -0.2) is 0 Å². The summed E-state index contributed by atoms with van der Waals surface area (Å²) in [5.74, 6) is 0.0759. The van der Waals surface area contributed by atoms with Gasteiger partial charge in [-0.1, -0.05) is 36.2 Å². The summed E-state index contributed by atoms with van der Waals surface area (Å²) in [5.41, 5.74) is 6.76. The van der Waals surface area contributed by atoms with Gasteiger partial charge < -0.3 is 10.6 Å². The van der Waals surface area contributed by atoms with Crippen molar-refractivity contribution in [1.82, 2.24) is 4.90 Å². The van der Waals surface area contributed by atoms with Crippen molar-refractivity contribution < 1.29 is 4.79 Å². The van der Waals surface area contributed by atoms with Crippen molar-refractivity contribution in [2.75, 3.05) is 13.1 Å². The third kappa shape index (κ3) is 4.12. The van der Waals surface area contributed by atoms with Gasteiger partial charge >= 0.3 is 0 Å². The topological polar surface area (TPSA) is 46.3 Å². The molecular formula is C16H22Cl2N2O. The van der Waals surface area contributed by atoms with Crippen LogP contribution < -0.4 is 5.73 Å². The van der Waals surface area contributed by atoms with Crippen molar-refractivity contribution in [3.63, 3.8) is 0 Å². The van der Waals surface area contributed by atoms with Crippen molar-refractivity contribution in [3.8, 4) is 0 Å². The highest BCUT2D eigenvalue weighted by Crippen LogP contribution is 2.25. The lowest BCUT2D eigenvalue weighted by atomic mass is 9.96. The van der Waals surface area contributed by atoms with Crippen LogP contribution in [-0.4, -0.2) is 29.9 Å². The highest BCUT2D eigenvalue weighted by atomic mass is 35.5. The molecule has 21 heavy (non-hydrogen) atoms. The molecule has 1 aromatic rings. The smallest absolute Gasteiger partial charge is 0.226 e. The zero-order valence-corrected chi connectivity index (χ0v) is 13.8. The minimum absolute atomic E-state index is 0.101. The molecule has 1 saturated heterocycles. The van der Waals surface area contributed by atoms with Gasteiger partial charge in [-0.05, 0) is 43.4 Å². The van der Waals surface area contributed by atoms with Gasteiger partial charge in [0.2, 0.25) is 5.91 Å². The van der Waals surface area contributed by atoms with Gasteiger partial charge in [-0.15, -0.1) is 0 Å². The Kier molecular flexibility index (Phi) is 5.91. The predicted molar refractivity (Wildman–Crippen MR) is 87.7 cm³/mol. The molecule has 1 fully saturated rings. The summed E-state index contributed by atoms with van der Waals surface area (Å²) in [5, 5.41) is 1.23. The summed E-state index contributed by atoms with van der Waals surface area (Å²) in [6.45, 7) is 3.31. The van der Waals surface area contributed by atoms with E-state index in [9.17, 15) is 4.79 Å². The fraction of sp³-hybridized carbons (Fsp3) is 0.562. The number of nitrogens with zero attached hydrogens (tertiary/aromatic N) is 1. The van der Waals surface area contributed by atoms with Gasteiger partial charge in [0.05, 0.1) is 0 Å². The van der Waals surface area contributed by atoms with Gasteiger partial charge in [-0.3, -0.25) is 4.79 Å². The minimum Gasteiger partial charge on any atom is -0.338 e. The molecule has 116 valence electrons. The second-order valence-electron chi connectivity index (χ2n) is 5.76. The lowest BCUT2D eigenvalue weighted by Gasteiger charge is -2.36. The second kappa shape index (κ2) is 7.48. The fourth-order valence-corrected chi connectivity index (χ4v) is 3.41. The molecule has 2 unspecified atom stereocenters. The van der Waals surface area contributed by atoms with Crippen LogP contribution in [0.2, 0.25) is 10.0 Å². The van der Waals surface area contributed by atoms with Gasteiger partial charge in [0.15, 0.2) is 0 Å². The first-order valence-electron chi connectivity index (χ1n) is 7.47. The quantitative estimate of drug-likeness (QED) is 0.919. The Labute approximate surface area is 136 Å². The van der Waals surface area contributed by atoms with Gasteiger partial charge in [0.1, 0.15) is 0 Å². The Morgan fingerprint density at radius 3 is 2.86 bits per heavy atom. The van der Waals surface area contributed by atoms with E-state index in [-0.39, 0.29) is 17.9 Å². The number of rotatable bonds is 4. The number of amides is 1. The summed E-state index contributed by atoms with van der Waals surface area (Å²) < 4.78 is 0. The monoisotopic (exact) mass is 328 g/mol. The van der Waals surface area contributed by atoms with E-state index in [0.29, 0.717) is 23.0 Å². The Morgan fingerprint density at radius 2 is 2.19 bits per heavy atom. The average Bonchev–Trinajstić information content (AvgIpc) is 2.49. The van der Waals surface area contributed by atoms with Crippen molar-refractivity contribution >= 4 is 29.1 Å². The maximum Gasteiger partial charge on any atom is 0.226 e. The SMILES string of the molecule is CC(Cc1ccc(Cl)cc1Cl)C(=O)N1CCCCC1CN. The molecule has 5 heteroatoms. The number of likely N-dealkylation sites (tertiary alicyclic amines) is 1. The summed E-state index contributed by atoms with van der Waals surface area (Å²) in [6, 6.07) is 5.61. The third-order valence-electron chi connectivity index (χ3n) is 4.15. The third-order valence-corrected chi connectivity index (χ3v) is 4.73. The number of benzene rings is 1. The molecule has 0 aromatic heterocycles. The normalized spacial score (nSPS) is 20.4. The summed E-state index contributed by atoms with van der Waals surface area (Å²) in [6.07, 6.45) is 3.86. The molecule has 0 saturated carbocycles. The zero-order valence-electron chi connectivity index (χ0n) is 12.3. The van der Waals surface area contributed by atoms with Crippen molar-refractivity contribution in [1.29, 1.82) is 0 Å². The Morgan fingerprint density at radius 1 is 1.43 bits per heavy atom. The van der Waals surface area contributed by atoms with Crippen LogP contribution in [0.15, 0.2) is 18.2 Å². The second-order valence-corrected chi connectivity index (χ2v) is 6.60. The largest absolute Gasteiger partial charge is 0.338 e. The van der Waals surface area contributed by atoms with Crippen molar-refractivity contribution in [3.05, 3.63) is 33.8 Å². The molecule has 2 atom stereocenters. The van der Waals surface area contributed by atoms with E-state index in [1.807, 2.05) is 24.0 Å². The Balaban J connectivity index is 2.04. The van der Waals surface area contributed by atoms with Crippen molar-refractivity contribution in [2.24, 2.45) is 11.7 Å². The molecule has 0 radical (unpaired) electrons. The van der Waals surface area contributed by atoms with Crippen LogP contribution in [0.4, 0.5) is 0 Å². The van der Waals surface area contributed by atoms with E-state index in [1.165, 1.54) is 0 Å². The molecule has 2 rings (SSSR count). The molecule has 3 nitrogen and oxygen atoms in total. The Bertz CT molecular complexity index is 507. The van der Waals surface area contributed by atoms with Crippen LogP contribution in [-0.2, 0) is 11.2 Å². The number of nitrogens with two attached hydrogens (primary N) is 1. The molecule has 0 spiro atoms. The van der Waals surface area contributed by atoms with Crippen LogP contribution in [0.25, 0.3) is 0 Å². The standard InChI is InChI=1S/C16H22Cl2N2O/c1-11(8-12-5-6-13(17)9-15(12)18)16(21)20-7-3-2-4-14(20)10-19/h5-6,9,11,14H,2-4,7-8,10,19H2,1H3. The van der Waals surface area contributed by atoms with Crippen LogP contribution in [0.1, 0.15) is 31.7 Å². The first-order chi connectivity index (χ1) is 10.0. The zero-order chi connectivity index (χ0) is 15.4. The van der Waals surface area contributed by atoms with E-state index in [4.69, 9.17) is 28.9 Å². The molecule has 0 aliphatic carbocycles. The highest BCUT2D eigenvalue weighted by molar-refractivity contribution is 6.35. The molecule has 1 aliphatic rings. The predicted octanol–water partition coefficient (Wildman–Crippen LogP) is 3.51. The van der Waals surface area contributed by atoms with Crippen molar-refractivity contribution in [2.45, 2.75) is 38.6 Å². The summed E-state index contributed by atoms with van der Waals surface area (Å²) in [4.78, 5) is 14.6. The van der Waals surface area contributed by atoms with E-state index < -0.39 is 0 Å². The lowest BCUT2D eigenvalue weighted by molar-refractivity contribution is -0.138. The van der Waals surface area contributed by atoms with Crippen LogP contribution >= 0.6 is 23.2 Å².